The second-order valence-corrected chi connectivity index (χ2v) is 5.75. The highest BCUT2D eigenvalue weighted by Gasteiger charge is 2.15. The van der Waals surface area contributed by atoms with Gasteiger partial charge < -0.3 is 10.1 Å². The fourth-order valence-electron chi connectivity index (χ4n) is 1.67. The molecule has 2 rings (SSSR count). The number of rotatable bonds is 4. The molecule has 0 radical (unpaired) electrons. The van der Waals surface area contributed by atoms with Gasteiger partial charge in [-0.1, -0.05) is 34.8 Å². The Kier molecular flexibility index (Phi) is 5.99. The standard InChI is InChI=1S/C15H8Cl3F2NO3/c16-8-4-9(17)14(10(18)5-8)21-13(22)6-24-15(23)7-1-2-11(19)12(20)3-7/h1-5H,6H2,(H,21,22). The number of amides is 1. The fourth-order valence-corrected chi connectivity index (χ4v) is 2.59. The summed E-state index contributed by atoms with van der Waals surface area (Å²) in [5.41, 5.74) is -0.124. The van der Waals surface area contributed by atoms with Crippen LogP contribution in [0.5, 0.6) is 0 Å². The summed E-state index contributed by atoms with van der Waals surface area (Å²) < 4.78 is 30.6. The van der Waals surface area contributed by atoms with E-state index in [4.69, 9.17) is 39.5 Å². The van der Waals surface area contributed by atoms with Crippen molar-refractivity contribution < 1.29 is 23.1 Å². The molecule has 0 atom stereocenters. The van der Waals surface area contributed by atoms with Crippen molar-refractivity contribution in [2.75, 3.05) is 11.9 Å². The van der Waals surface area contributed by atoms with Crippen LogP contribution in [0, 0.1) is 11.6 Å². The number of ether oxygens (including phenoxy) is 1. The molecule has 0 heterocycles. The lowest BCUT2D eigenvalue weighted by molar-refractivity contribution is -0.119. The van der Waals surface area contributed by atoms with Crippen molar-refractivity contribution in [2.24, 2.45) is 0 Å². The number of esters is 1. The van der Waals surface area contributed by atoms with E-state index in [1.54, 1.807) is 0 Å². The SMILES string of the molecule is O=C(COC(=O)c1ccc(F)c(F)c1)Nc1c(Cl)cc(Cl)cc1Cl. The number of halogens is 5. The first-order valence-corrected chi connectivity index (χ1v) is 7.48. The van der Waals surface area contributed by atoms with Crippen LogP contribution in [0.3, 0.4) is 0 Å². The maximum absolute atomic E-state index is 13.0. The first-order valence-electron chi connectivity index (χ1n) is 6.34. The Morgan fingerprint density at radius 1 is 1.00 bits per heavy atom. The van der Waals surface area contributed by atoms with Gasteiger partial charge in [-0.2, -0.15) is 0 Å². The molecular weight excluding hydrogens is 387 g/mol. The van der Waals surface area contributed by atoms with Gasteiger partial charge in [-0.05, 0) is 30.3 Å². The molecule has 0 unspecified atom stereocenters. The third-order valence-corrected chi connectivity index (χ3v) is 3.58. The van der Waals surface area contributed by atoms with E-state index in [-0.39, 0.29) is 26.3 Å². The van der Waals surface area contributed by atoms with Crippen molar-refractivity contribution in [1.82, 2.24) is 0 Å². The molecule has 0 spiro atoms. The monoisotopic (exact) mass is 393 g/mol. The van der Waals surface area contributed by atoms with Gasteiger partial charge in [0, 0.05) is 5.02 Å². The quantitative estimate of drug-likeness (QED) is 0.763. The van der Waals surface area contributed by atoms with E-state index >= 15 is 0 Å². The van der Waals surface area contributed by atoms with Gasteiger partial charge in [0.05, 0.1) is 21.3 Å². The van der Waals surface area contributed by atoms with Crippen LogP contribution in [0.15, 0.2) is 30.3 Å². The maximum atomic E-state index is 13.0. The van der Waals surface area contributed by atoms with E-state index in [0.717, 1.165) is 12.1 Å². The number of anilines is 1. The highest BCUT2D eigenvalue weighted by Crippen LogP contribution is 2.33. The molecule has 24 heavy (non-hydrogen) atoms. The van der Waals surface area contributed by atoms with Gasteiger partial charge in [0.1, 0.15) is 0 Å². The molecule has 4 nitrogen and oxygen atoms in total. The van der Waals surface area contributed by atoms with E-state index in [0.29, 0.717) is 6.07 Å². The van der Waals surface area contributed by atoms with Crippen LogP contribution in [0.4, 0.5) is 14.5 Å². The third kappa shape index (κ3) is 4.56. The first-order chi connectivity index (χ1) is 11.3. The molecule has 0 fully saturated rings. The van der Waals surface area contributed by atoms with Gasteiger partial charge in [-0.15, -0.1) is 0 Å². The van der Waals surface area contributed by atoms with E-state index in [1.165, 1.54) is 12.1 Å². The zero-order valence-electron chi connectivity index (χ0n) is 11.7. The lowest BCUT2D eigenvalue weighted by atomic mass is 10.2. The Morgan fingerprint density at radius 2 is 1.62 bits per heavy atom. The van der Waals surface area contributed by atoms with Gasteiger partial charge >= 0.3 is 5.97 Å². The number of hydrogen-bond donors (Lipinski definition) is 1. The molecule has 9 heteroatoms. The Hall–Kier alpha value is -1.89. The Labute approximate surface area is 150 Å². The van der Waals surface area contributed by atoms with E-state index in [9.17, 15) is 18.4 Å². The summed E-state index contributed by atoms with van der Waals surface area (Å²) in [7, 11) is 0. The van der Waals surface area contributed by atoms with Crippen LogP contribution in [0.1, 0.15) is 10.4 Å². The molecule has 1 N–H and O–H groups in total. The third-order valence-electron chi connectivity index (χ3n) is 2.76. The molecule has 0 aliphatic carbocycles. The lowest BCUT2D eigenvalue weighted by Crippen LogP contribution is -2.21. The number of nitrogens with one attached hydrogen (secondary N) is 1. The molecule has 2 aromatic carbocycles. The minimum Gasteiger partial charge on any atom is -0.452 e. The predicted molar refractivity (Wildman–Crippen MR) is 86.7 cm³/mol. The summed E-state index contributed by atoms with van der Waals surface area (Å²) >= 11 is 17.5. The van der Waals surface area contributed by atoms with Crippen LogP contribution in [0.25, 0.3) is 0 Å². The molecule has 0 saturated carbocycles. The van der Waals surface area contributed by atoms with Crippen molar-refractivity contribution >= 4 is 52.4 Å². The molecule has 0 aromatic heterocycles. The maximum Gasteiger partial charge on any atom is 0.338 e. The van der Waals surface area contributed by atoms with Crippen molar-refractivity contribution in [1.29, 1.82) is 0 Å². The summed E-state index contributed by atoms with van der Waals surface area (Å²) in [6.07, 6.45) is 0. The van der Waals surface area contributed by atoms with E-state index in [2.05, 4.69) is 5.32 Å². The largest absolute Gasteiger partial charge is 0.452 e. The normalized spacial score (nSPS) is 10.4. The molecule has 1 amide bonds. The highest BCUT2D eigenvalue weighted by atomic mass is 35.5. The average molecular weight is 395 g/mol. The first kappa shape index (κ1) is 18.4. The van der Waals surface area contributed by atoms with Crippen LogP contribution in [-0.4, -0.2) is 18.5 Å². The topological polar surface area (TPSA) is 55.4 Å². The van der Waals surface area contributed by atoms with Crippen LogP contribution < -0.4 is 5.32 Å². The molecule has 0 saturated heterocycles. The average Bonchev–Trinajstić information content (AvgIpc) is 2.51. The number of hydrogen-bond acceptors (Lipinski definition) is 3. The summed E-state index contributed by atoms with van der Waals surface area (Å²) in [4.78, 5) is 23.5. The van der Waals surface area contributed by atoms with Crippen LogP contribution >= 0.6 is 34.8 Å². The predicted octanol–water partition coefficient (Wildman–Crippen LogP) is 4.72. The Bertz CT molecular complexity index is 792. The minimum absolute atomic E-state index is 0.104. The van der Waals surface area contributed by atoms with Gasteiger partial charge in [0.25, 0.3) is 5.91 Å². The Balaban J connectivity index is 1.98. The molecule has 0 bridgehead atoms. The van der Waals surface area contributed by atoms with Crippen molar-refractivity contribution in [3.63, 3.8) is 0 Å². The van der Waals surface area contributed by atoms with Gasteiger partial charge in [-0.25, -0.2) is 13.6 Å². The van der Waals surface area contributed by atoms with E-state index in [1.807, 2.05) is 0 Å². The van der Waals surface area contributed by atoms with Gasteiger partial charge in [0.15, 0.2) is 18.2 Å². The Morgan fingerprint density at radius 3 is 2.21 bits per heavy atom. The number of carbonyl (C=O) groups is 2. The molecule has 126 valence electrons. The molecule has 0 aliphatic rings. The number of carbonyl (C=O) groups excluding carboxylic acids is 2. The highest BCUT2D eigenvalue weighted by molar-refractivity contribution is 6.42. The van der Waals surface area contributed by atoms with Gasteiger partial charge in [0.2, 0.25) is 0 Å². The zero-order valence-corrected chi connectivity index (χ0v) is 14.0. The summed E-state index contributed by atoms with van der Waals surface area (Å²) in [5, 5.41) is 2.85. The van der Waals surface area contributed by atoms with Crippen molar-refractivity contribution in [2.45, 2.75) is 0 Å². The zero-order chi connectivity index (χ0) is 17.9. The van der Waals surface area contributed by atoms with E-state index < -0.39 is 30.1 Å². The molecule has 0 aliphatic heterocycles. The molecule has 2 aromatic rings. The van der Waals surface area contributed by atoms with Crippen LogP contribution in [-0.2, 0) is 9.53 Å². The second-order valence-electron chi connectivity index (χ2n) is 4.50. The summed E-state index contributed by atoms with van der Waals surface area (Å²) in [6, 6.07) is 5.23. The number of benzene rings is 2. The van der Waals surface area contributed by atoms with Crippen LogP contribution in [0.2, 0.25) is 15.1 Å². The van der Waals surface area contributed by atoms with Crippen molar-refractivity contribution in [3.8, 4) is 0 Å². The second kappa shape index (κ2) is 7.79. The summed E-state index contributed by atoms with van der Waals surface area (Å²) in [5.74, 6) is -4.01. The fraction of sp³-hybridized carbons (Fsp3) is 0.0667. The summed E-state index contributed by atoms with van der Waals surface area (Å²) in [6.45, 7) is -0.673. The molecular formula is C15H8Cl3F2NO3. The lowest BCUT2D eigenvalue weighted by Gasteiger charge is -2.10. The smallest absolute Gasteiger partial charge is 0.338 e. The van der Waals surface area contributed by atoms with Gasteiger partial charge in [-0.3, -0.25) is 4.79 Å². The van der Waals surface area contributed by atoms with Crippen molar-refractivity contribution in [3.05, 3.63) is 62.6 Å². The minimum atomic E-state index is -1.20.